The van der Waals surface area contributed by atoms with Gasteiger partial charge in [0.05, 0.1) is 11.5 Å². The van der Waals surface area contributed by atoms with E-state index in [4.69, 9.17) is 0 Å². The molecule has 2 saturated heterocycles. The summed E-state index contributed by atoms with van der Waals surface area (Å²) in [6.45, 7) is 1.66. The standard InChI is InChI=1S/C25H35N3O5S/c1-2-3-15-25(19-10-6-4-7-11-19)23(30)27(24(31)26-25)17-22(29)28(20-12-8-5-9-13-20)21-14-16-34(32,33)18-21/h4,6-7,10-11,20-21H,2-3,5,8-9,12-18H2,1H3,(H,26,31). The molecule has 1 N–H and O–H groups in total. The van der Waals surface area contributed by atoms with Crippen LogP contribution in [0.15, 0.2) is 30.3 Å². The van der Waals surface area contributed by atoms with Crippen molar-refractivity contribution >= 4 is 27.7 Å². The van der Waals surface area contributed by atoms with Crippen molar-refractivity contribution in [1.82, 2.24) is 15.1 Å². The van der Waals surface area contributed by atoms with Crippen LogP contribution in [0.25, 0.3) is 0 Å². The normalized spacial score (nSPS) is 27.1. The second-order valence-electron chi connectivity index (χ2n) is 9.85. The Labute approximate surface area is 202 Å². The van der Waals surface area contributed by atoms with Gasteiger partial charge in [0.25, 0.3) is 5.91 Å². The molecule has 0 bridgehead atoms. The molecule has 2 aliphatic heterocycles. The number of hydrogen-bond acceptors (Lipinski definition) is 5. The third-order valence-corrected chi connectivity index (χ3v) is 9.25. The van der Waals surface area contributed by atoms with Gasteiger partial charge < -0.3 is 10.2 Å². The average Bonchev–Trinajstić information content (AvgIpc) is 3.30. The lowest BCUT2D eigenvalue weighted by Gasteiger charge is -2.39. The molecule has 9 heteroatoms. The molecule has 4 rings (SSSR count). The first-order valence-corrected chi connectivity index (χ1v) is 14.3. The van der Waals surface area contributed by atoms with Crippen LogP contribution in [-0.4, -0.2) is 66.2 Å². The lowest BCUT2D eigenvalue weighted by Crippen LogP contribution is -2.53. The van der Waals surface area contributed by atoms with Crippen molar-refractivity contribution < 1.29 is 22.8 Å². The number of carbonyl (C=O) groups is 3. The minimum absolute atomic E-state index is 0.0418. The zero-order valence-electron chi connectivity index (χ0n) is 19.9. The van der Waals surface area contributed by atoms with E-state index >= 15 is 0 Å². The molecule has 1 aliphatic carbocycles. The highest BCUT2D eigenvalue weighted by atomic mass is 32.2. The second-order valence-corrected chi connectivity index (χ2v) is 12.1. The van der Waals surface area contributed by atoms with Crippen molar-refractivity contribution in [3.63, 3.8) is 0 Å². The monoisotopic (exact) mass is 489 g/mol. The summed E-state index contributed by atoms with van der Waals surface area (Å²) in [6, 6.07) is 8.19. The van der Waals surface area contributed by atoms with Crippen LogP contribution in [0.3, 0.4) is 0 Å². The van der Waals surface area contributed by atoms with Gasteiger partial charge in [-0.1, -0.05) is 69.4 Å². The summed E-state index contributed by atoms with van der Waals surface area (Å²) in [5, 5.41) is 2.90. The highest BCUT2D eigenvalue weighted by Crippen LogP contribution is 2.35. The van der Waals surface area contributed by atoms with E-state index in [2.05, 4.69) is 5.32 Å². The Morgan fingerprint density at radius 3 is 2.41 bits per heavy atom. The number of imide groups is 1. The van der Waals surface area contributed by atoms with Crippen molar-refractivity contribution in [2.24, 2.45) is 0 Å². The molecule has 34 heavy (non-hydrogen) atoms. The van der Waals surface area contributed by atoms with Crippen LogP contribution in [0.5, 0.6) is 0 Å². The molecule has 0 spiro atoms. The number of hydrogen-bond donors (Lipinski definition) is 1. The molecule has 3 fully saturated rings. The topological polar surface area (TPSA) is 104 Å². The first-order chi connectivity index (χ1) is 16.3. The number of urea groups is 1. The number of carbonyl (C=O) groups excluding carboxylic acids is 3. The molecule has 2 unspecified atom stereocenters. The van der Waals surface area contributed by atoms with Crippen molar-refractivity contribution in [3.05, 3.63) is 35.9 Å². The number of rotatable bonds is 8. The predicted molar refractivity (Wildman–Crippen MR) is 129 cm³/mol. The Hall–Kier alpha value is -2.42. The Morgan fingerprint density at radius 2 is 1.79 bits per heavy atom. The molecule has 8 nitrogen and oxygen atoms in total. The second kappa shape index (κ2) is 10.1. The van der Waals surface area contributed by atoms with E-state index in [-0.39, 0.29) is 36.0 Å². The molecule has 186 valence electrons. The third kappa shape index (κ3) is 4.85. The first-order valence-electron chi connectivity index (χ1n) is 12.5. The summed E-state index contributed by atoms with van der Waals surface area (Å²) < 4.78 is 24.4. The Kier molecular flexibility index (Phi) is 7.31. The molecule has 1 aromatic carbocycles. The maximum Gasteiger partial charge on any atom is 0.325 e. The SMILES string of the molecule is CCCCC1(c2ccccc2)NC(=O)N(CC(=O)N(C2CCCCC2)C2CCS(=O)(=O)C2)C1=O. The van der Waals surface area contributed by atoms with Gasteiger partial charge in [-0.3, -0.25) is 14.5 Å². The van der Waals surface area contributed by atoms with Crippen LogP contribution in [0, 0.1) is 0 Å². The summed E-state index contributed by atoms with van der Waals surface area (Å²) in [5.41, 5.74) is -0.469. The zero-order valence-corrected chi connectivity index (χ0v) is 20.7. The van der Waals surface area contributed by atoms with Crippen LogP contribution in [-0.2, 0) is 25.0 Å². The maximum atomic E-state index is 13.7. The van der Waals surface area contributed by atoms with Crippen LogP contribution in [0.4, 0.5) is 4.79 Å². The van der Waals surface area contributed by atoms with E-state index in [0.717, 1.165) is 49.8 Å². The smallest absolute Gasteiger partial charge is 0.325 e. The van der Waals surface area contributed by atoms with Crippen LogP contribution in [0.2, 0.25) is 0 Å². The minimum Gasteiger partial charge on any atom is -0.334 e. The van der Waals surface area contributed by atoms with Gasteiger partial charge in [0, 0.05) is 12.1 Å². The van der Waals surface area contributed by atoms with Gasteiger partial charge >= 0.3 is 6.03 Å². The molecule has 1 saturated carbocycles. The highest BCUT2D eigenvalue weighted by molar-refractivity contribution is 7.91. The summed E-state index contributed by atoms with van der Waals surface area (Å²) in [4.78, 5) is 43.0. The lowest BCUT2D eigenvalue weighted by atomic mass is 9.85. The largest absolute Gasteiger partial charge is 0.334 e. The number of benzene rings is 1. The van der Waals surface area contributed by atoms with E-state index in [1.807, 2.05) is 37.3 Å². The molecular weight excluding hydrogens is 454 g/mol. The Balaban J connectivity index is 1.58. The number of unbranched alkanes of at least 4 members (excludes halogenated alkanes) is 1. The van der Waals surface area contributed by atoms with Gasteiger partial charge in [-0.25, -0.2) is 13.2 Å². The molecule has 1 aromatic rings. The first kappa shape index (κ1) is 24.7. The van der Waals surface area contributed by atoms with E-state index in [9.17, 15) is 22.8 Å². The fourth-order valence-electron chi connectivity index (χ4n) is 5.72. The van der Waals surface area contributed by atoms with E-state index < -0.39 is 27.3 Å². The number of nitrogens with one attached hydrogen (secondary N) is 1. The maximum absolute atomic E-state index is 13.7. The van der Waals surface area contributed by atoms with Gasteiger partial charge in [-0.2, -0.15) is 0 Å². The molecule has 0 radical (unpaired) electrons. The van der Waals surface area contributed by atoms with Crippen LogP contribution >= 0.6 is 0 Å². The third-order valence-electron chi connectivity index (χ3n) is 7.50. The molecular formula is C25H35N3O5S. The van der Waals surface area contributed by atoms with Crippen molar-refractivity contribution in [2.75, 3.05) is 18.1 Å². The van der Waals surface area contributed by atoms with Gasteiger partial charge in [0.15, 0.2) is 9.84 Å². The van der Waals surface area contributed by atoms with E-state index in [1.54, 1.807) is 4.90 Å². The van der Waals surface area contributed by atoms with Crippen LogP contribution in [0.1, 0.15) is 70.3 Å². The quantitative estimate of drug-likeness (QED) is 0.566. The molecule has 2 heterocycles. The number of nitrogens with zero attached hydrogens (tertiary/aromatic N) is 2. The molecule has 0 aromatic heterocycles. The van der Waals surface area contributed by atoms with Crippen molar-refractivity contribution in [1.29, 1.82) is 0 Å². The van der Waals surface area contributed by atoms with Gasteiger partial charge in [0.2, 0.25) is 5.91 Å². The molecule has 3 aliphatic rings. The highest BCUT2D eigenvalue weighted by Gasteiger charge is 2.53. The summed E-state index contributed by atoms with van der Waals surface area (Å²) in [7, 11) is -3.18. The predicted octanol–water partition coefficient (Wildman–Crippen LogP) is 2.97. The number of amides is 4. The van der Waals surface area contributed by atoms with Crippen molar-refractivity contribution in [3.8, 4) is 0 Å². The zero-order chi connectivity index (χ0) is 24.3. The lowest BCUT2D eigenvalue weighted by molar-refractivity contribution is -0.142. The fraction of sp³-hybridized carbons (Fsp3) is 0.640. The summed E-state index contributed by atoms with van der Waals surface area (Å²) >= 11 is 0. The summed E-state index contributed by atoms with van der Waals surface area (Å²) in [6.07, 6.45) is 7.21. The molecule has 4 amide bonds. The average molecular weight is 490 g/mol. The fourth-order valence-corrected chi connectivity index (χ4v) is 7.43. The summed E-state index contributed by atoms with van der Waals surface area (Å²) in [5.74, 6) is -0.712. The Morgan fingerprint density at radius 1 is 1.09 bits per heavy atom. The number of sulfone groups is 1. The molecule has 2 atom stereocenters. The van der Waals surface area contributed by atoms with E-state index in [1.165, 1.54) is 0 Å². The van der Waals surface area contributed by atoms with Gasteiger partial charge in [-0.15, -0.1) is 0 Å². The van der Waals surface area contributed by atoms with E-state index in [0.29, 0.717) is 18.4 Å². The van der Waals surface area contributed by atoms with Crippen molar-refractivity contribution in [2.45, 2.75) is 82.3 Å². The van der Waals surface area contributed by atoms with Crippen LogP contribution < -0.4 is 5.32 Å². The Bertz CT molecular complexity index is 1020. The van der Waals surface area contributed by atoms with Gasteiger partial charge in [0.1, 0.15) is 12.1 Å². The minimum atomic E-state index is -3.18. The van der Waals surface area contributed by atoms with Gasteiger partial charge in [-0.05, 0) is 31.2 Å².